The van der Waals surface area contributed by atoms with Gasteiger partial charge < -0.3 is 5.11 Å². The number of carboxylic acid groups (broad SMARTS) is 1. The van der Waals surface area contributed by atoms with Crippen molar-refractivity contribution in [3.8, 4) is 0 Å². The van der Waals surface area contributed by atoms with Gasteiger partial charge in [0.15, 0.2) is 0 Å². The fourth-order valence-electron chi connectivity index (χ4n) is 0.916. The summed E-state index contributed by atoms with van der Waals surface area (Å²) >= 11 is 0.907. The molecule has 0 saturated carbocycles. The van der Waals surface area contributed by atoms with E-state index < -0.39 is 16.0 Å². The van der Waals surface area contributed by atoms with Crippen LogP contribution in [0.15, 0.2) is 16.3 Å². The number of hydrogen-bond donors (Lipinski definition) is 1. The summed E-state index contributed by atoms with van der Waals surface area (Å²) in [4.78, 5) is 10.6. The van der Waals surface area contributed by atoms with Crippen LogP contribution in [-0.4, -0.2) is 37.4 Å². The van der Waals surface area contributed by atoms with Crippen molar-refractivity contribution in [1.29, 1.82) is 0 Å². The maximum Gasteiger partial charge on any atom is 0.345 e. The molecule has 15 heavy (non-hydrogen) atoms. The minimum absolute atomic E-state index is 0.0260. The van der Waals surface area contributed by atoms with Crippen LogP contribution < -0.4 is 0 Å². The van der Waals surface area contributed by atoms with Gasteiger partial charge in [0.25, 0.3) is 0 Å². The summed E-state index contributed by atoms with van der Waals surface area (Å²) in [6.45, 7) is 2.06. The molecule has 1 aromatic heterocycles. The summed E-state index contributed by atoms with van der Waals surface area (Å²) in [5.74, 6) is -1.11. The van der Waals surface area contributed by atoms with Crippen molar-refractivity contribution in [3.05, 3.63) is 16.3 Å². The molecule has 5 nitrogen and oxygen atoms in total. The van der Waals surface area contributed by atoms with E-state index in [0.717, 1.165) is 11.3 Å². The van der Waals surface area contributed by atoms with Crippen molar-refractivity contribution in [2.45, 2.75) is 11.8 Å². The molecule has 0 aliphatic carbocycles. The molecule has 1 aromatic rings. The van der Waals surface area contributed by atoms with Gasteiger partial charge in [0.1, 0.15) is 4.88 Å². The van der Waals surface area contributed by atoms with E-state index in [4.69, 9.17) is 5.11 Å². The van der Waals surface area contributed by atoms with Gasteiger partial charge in [-0.1, -0.05) is 6.92 Å². The Labute approximate surface area is 92.0 Å². The lowest BCUT2D eigenvalue weighted by molar-refractivity contribution is 0.0702. The summed E-state index contributed by atoms with van der Waals surface area (Å²) in [5, 5.41) is 10.00. The van der Waals surface area contributed by atoms with Gasteiger partial charge in [-0.2, -0.15) is 0 Å². The zero-order valence-corrected chi connectivity index (χ0v) is 9.93. The lowest BCUT2D eigenvalue weighted by Gasteiger charge is -2.12. The highest BCUT2D eigenvalue weighted by atomic mass is 32.2. The Bertz CT molecular complexity index is 463. The maximum absolute atomic E-state index is 11.7. The molecule has 0 aliphatic heterocycles. The first kappa shape index (κ1) is 12.2. The number of carboxylic acids is 1. The second-order valence-corrected chi connectivity index (χ2v) is 5.83. The van der Waals surface area contributed by atoms with Crippen LogP contribution in [0.3, 0.4) is 0 Å². The van der Waals surface area contributed by atoms with Gasteiger partial charge in [0.2, 0.25) is 10.0 Å². The Hall–Kier alpha value is -0.920. The van der Waals surface area contributed by atoms with Crippen molar-refractivity contribution in [2.75, 3.05) is 13.6 Å². The molecule has 0 atom stereocenters. The largest absolute Gasteiger partial charge is 0.477 e. The molecular formula is C8H11NO4S2. The summed E-state index contributed by atoms with van der Waals surface area (Å²) in [7, 11) is -2.07. The van der Waals surface area contributed by atoms with E-state index in [0.29, 0.717) is 6.54 Å². The first-order valence-electron chi connectivity index (χ1n) is 4.17. The van der Waals surface area contributed by atoms with E-state index in [9.17, 15) is 13.2 Å². The Balaban J connectivity index is 3.12. The van der Waals surface area contributed by atoms with E-state index >= 15 is 0 Å². The SMILES string of the molecule is CCN(C)S(=O)(=O)c1csc(C(=O)O)c1. The van der Waals surface area contributed by atoms with Crippen molar-refractivity contribution in [1.82, 2.24) is 4.31 Å². The van der Waals surface area contributed by atoms with Gasteiger partial charge in [-0.15, -0.1) is 11.3 Å². The second-order valence-electron chi connectivity index (χ2n) is 2.87. The van der Waals surface area contributed by atoms with Gasteiger partial charge in [0.05, 0.1) is 4.90 Å². The minimum Gasteiger partial charge on any atom is -0.477 e. The summed E-state index contributed by atoms with van der Waals surface area (Å²) in [6, 6.07) is 1.18. The van der Waals surface area contributed by atoms with E-state index in [1.807, 2.05) is 0 Å². The molecule has 0 amide bonds. The molecule has 1 rings (SSSR count). The molecule has 0 saturated heterocycles. The second kappa shape index (κ2) is 4.30. The Morgan fingerprint density at radius 2 is 2.20 bits per heavy atom. The molecule has 0 unspecified atom stereocenters. The number of hydrogen-bond acceptors (Lipinski definition) is 4. The first-order chi connectivity index (χ1) is 6.89. The van der Waals surface area contributed by atoms with Gasteiger partial charge in [-0.3, -0.25) is 0 Å². The van der Waals surface area contributed by atoms with Crippen molar-refractivity contribution < 1.29 is 18.3 Å². The van der Waals surface area contributed by atoms with Crippen LogP contribution in [0.5, 0.6) is 0 Å². The topological polar surface area (TPSA) is 74.7 Å². The van der Waals surface area contributed by atoms with Crippen LogP contribution >= 0.6 is 11.3 Å². The average Bonchev–Trinajstić information content (AvgIpc) is 2.65. The fourth-order valence-corrected chi connectivity index (χ4v) is 3.20. The van der Waals surface area contributed by atoms with Crippen LogP contribution in [0.1, 0.15) is 16.6 Å². The van der Waals surface area contributed by atoms with Crippen LogP contribution in [0.2, 0.25) is 0 Å². The number of thiophene rings is 1. The van der Waals surface area contributed by atoms with E-state index in [1.165, 1.54) is 22.8 Å². The Morgan fingerprint density at radius 3 is 2.60 bits per heavy atom. The molecule has 7 heteroatoms. The predicted molar refractivity (Wildman–Crippen MR) is 56.8 cm³/mol. The number of nitrogens with zero attached hydrogens (tertiary/aromatic N) is 1. The normalized spacial score (nSPS) is 11.9. The van der Waals surface area contributed by atoms with Gasteiger partial charge >= 0.3 is 5.97 Å². The highest BCUT2D eigenvalue weighted by molar-refractivity contribution is 7.89. The molecule has 0 aromatic carbocycles. The predicted octanol–water partition coefficient (Wildman–Crippen LogP) is 1.09. The number of aromatic carboxylic acids is 1. The molecule has 0 fully saturated rings. The molecule has 0 radical (unpaired) electrons. The molecular weight excluding hydrogens is 238 g/mol. The average molecular weight is 249 g/mol. The minimum atomic E-state index is -3.52. The maximum atomic E-state index is 11.7. The van der Waals surface area contributed by atoms with Crippen molar-refractivity contribution in [3.63, 3.8) is 0 Å². The van der Waals surface area contributed by atoms with Gasteiger partial charge in [0, 0.05) is 19.0 Å². The zero-order chi connectivity index (χ0) is 11.6. The Kier molecular flexibility index (Phi) is 3.48. The fraction of sp³-hybridized carbons (Fsp3) is 0.375. The number of sulfonamides is 1. The molecule has 1 N–H and O–H groups in total. The molecule has 0 spiro atoms. The summed E-state index contributed by atoms with van der Waals surface area (Å²) in [5.41, 5.74) is 0. The van der Waals surface area contributed by atoms with Crippen LogP contribution in [0.4, 0.5) is 0 Å². The lowest BCUT2D eigenvalue weighted by Crippen LogP contribution is -2.26. The van der Waals surface area contributed by atoms with Gasteiger partial charge in [-0.25, -0.2) is 17.5 Å². The van der Waals surface area contributed by atoms with Crippen LogP contribution in [0.25, 0.3) is 0 Å². The third-order valence-electron chi connectivity index (χ3n) is 1.94. The molecule has 1 heterocycles. The van der Waals surface area contributed by atoms with E-state index in [-0.39, 0.29) is 9.77 Å². The smallest absolute Gasteiger partial charge is 0.345 e. The highest BCUT2D eigenvalue weighted by Gasteiger charge is 2.22. The molecule has 0 aliphatic rings. The summed E-state index contributed by atoms with van der Waals surface area (Å²) < 4.78 is 24.6. The zero-order valence-electron chi connectivity index (χ0n) is 8.30. The quantitative estimate of drug-likeness (QED) is 0.866. The lowest BCUT2D eigenvalue weighted by atomic mass is 10.5. The first-order valence-corrected chi connectivity index (χ1v) is 6.49. The summed E-state index contributed by atoms with van der Waals surface area (Å²) in [6.07, 6.45) is 0. The third kappa shape index (κ3) is 2.36. The standard InChI is InChI=1S/C8H11NO4S2/c1-3-9(2)15(12,13)6-4-7(8(10)11)14-5-6/h4-5H,3H2,1-2H3,(H,10,11). The number of carbonyl (C=O) groups is 1. The van der Waals surface area contributed by atoms with Crippen molar-refractivity contribution in [2.24, 2.45) is 0 Å². The Morgan fingerprint density at radius 1 is 1.60 bits per heavy atom. The molecule has 84 valence electrons. The van der Waals surface area contributed by atoms with Crippen LogP contribution in [0, 0.1) is 0 Å². The van der Waals surface area contributed by atoms with E-state index in [2.05, 4.69) is 0 Å². The van der Waals surface area contributed by atoms with E-state index in [1.54, 1.807) is 6.92 Å². The van der Waals surface area contributed by atoms with Crippen LogP contribution in [-0.2, 0) is 10.0 Å². The third-order valence-corrected chi connectivity index (χ3v) is 4.92. The monoisotopic (exact) mass is 249 g/mol. The van der Waals surface area contributed by atoms with Gasteiger partial charge in [-0.05, 0) is 6.07 Å². The molecule has 0 bridgehead atoms. The van der Waals surface area contributed by atoms with Crippen molar-refractivity contribution >= 4 is 27.3 Å². The highest BCUT2D eigenvalue weighted by Crippen LogP contribution is 2.21. The number of rotatable bonds is 4.